The highest BCUT2D eigenvalue weighted by molar-refractivity contribution is 9.10. The van der Waals surface area contributed by atoms with Crippen molar-refractivity contribution in [2.24, 2.45) is 0 Å². The van der Waals surface area contributed by atoms with Crippen molar-refractivity contribution in [3.05, 3.63) is 31.5 Å². The number of rotatable bonds is 5. The fraction of sp³-hybridized carbons (Fsp3) is 0.571. The van der Waals surface area contributed by atoms with Gasteiger partial charge in [-0.2, -0.15) is 0 Å². The second-order valence-corrected chi connectivity index (χ2v) is 6.14. The fourth-order valence-corrected chi connectivity index (χ4v) is 2.82. The Morgan fingerprint density at radius 1 is 1.28 bits per heavy atom. The molecule has 25 heavy (non-hydrogen) atoms. The number of carbonyl (C=O) groups is 2. The summed E-state index contributed by atoms with van der Waals surface area (Å²) < 4.78 is 22.4. The van der Waals surface area contributed by atoms with E-state index in [0.717, 1.165) is 4.57 Å². The Morgan fingerprint density at radius 2 is 1.96 bits per heavy atom. The normalized spacial score (nSPS) is 25.6. The monoisotopic (exact) mass is 420 g/mol. The smallest absolute Gasteiger partial charge is 0.330 e. The summed E-state index contributed by atoms with van der Waals surface area (Å²) in [6.45, 7) is 2.25. The van der Waals surface area contributed by atoms with Gasteiger partial charge in [0.15, 0.2) is 12.3 Å². The Bertz CT molecular complexity index is 773. The van der Waals surface area contributed by atoms with Crippen LogP contribution in [0.25, 0.3) is 0 Å². The first-order chi connectivity index (χ1) is 11.7. The zero-order valence-electron chi connectivity index (χ0n) is 13.7. The lowest BCUT2D eigenvalue weighted by Crippen LogP contribution is -2.41. The zero-order valence-corrected chi connectivity index (χ0v) is 15.3. The highest BCUT2D eigenvalue weighted by atomic mass is 79.9. The van der Waals surface area contributed by atoms with E-state index >= 15 is 0 Å². The number of hydrogen-bond donors (Lipinski definition) is 1. The minimum atomic E-state index is -1.00. The molecule has 0 aromatic carbocycles. The number of carbonyl (C=O) groups excluding carboxylic acids is 2. The van der Waals surface area contributed by atoms with Crippen LogP contribution in [0.3, 0.4) is 0 Å². The zero-order chi connectivity index (χ0) is 18.7. The van der Waals surface area contributed by atoms with Crippen LogP contribution in [-0.2, 0) is 28.5 Å². The molecular formula is C14H17BrN2O8. The molecule has 1 saturated heterocycles. The summed E-state index contributed by atoms with van der Waals surface area (Å²) in [5, 5.41) is 0. The number of halogens is 1. The average Bonchev–Trinajstić information content (AvgIpc) is 2.85. The second-order valence-electron chi connectivity index (χ2n) is 5.29. The van der Waals surface area contributed by atoms with Gasteiger partial charge in [-0.05, 0) is 15.9 Å². The van der Waals surface area contributed by atoms with Crippen molar-refractivity contribution in [1.29, 1.82) is 0 Å². The van der Waals surface area contributed by atoms with E-state index in [2.05, 4.69) is 20.9 Å². The van der Waals surface area contributed by atoms with Gasteiger partial charge in [-0.3, -0.25) is 23.9 Å². The second kappa shape index (κ2) is 7.93. The first-order valence-electron chi connectivity index (χ1n) is 7.24. The lowest BCUT2D eigenvalue weighted by atomic mass is 10.1. The number of methoxy groups -OCH3 is 1. The molecule has 1 aliphatic rings. The lowest BCUT2D eigenvalue weighted by Gasteiger charge is -2.23. The molecule has 2 heterocycles. The van der Waals surface area contributed by atoms with Crippen LogP contribution >= 0.6 is 15.9 Å². The SMILES string of the molecule is COC1C(OC(C)=O)[C@@H](COC(C)=O)O[C@H]1n1cc(Br)c(=O)[nH]c1=O. The van der Waals surface area contributed by atoms with E-state index in [1.165, 1.54) is 27.2 Å². The molecule has 2 rings (SSSR count). The lowest BCUT2D eigenvalue weighted by molar-refractivity contribution is -0.157. The van der Waals surface area contributed by atoms with Gasteiger partial charge in [0.05, 0.1) is 4.47 Å². The summed E-state index contributed by atoms with van der Waals surface area (Å²) in [5.41, 5.74) is -1.32. The Labute approximate surface area is 150 Å². The summed E-state index contributed by atoms with van der Waals surface area (Å²) in [5.74, 6) is -1.12. The molecule has 0 saturated carbocycles. The number of aromatic amines is 1. The molecule has 10 nitrogen and oxygen atoms in total. The summed E-state index contributed by atoms with van der Waals surface area (Å²) >= 11 is 3.03. The van der Waals surface area contributed by atoms with E-state index in [1.54, 1.807) is 0 Å². The van der Waals surface area contributed by atoms with E-state index in [4.69, 9.17) is 18.9 Å². The summed E-state index contributed by atoms with van der Waals surface area (Å²) in [6.07, 6.45) is -2.38. The quantitative estimate of drug-likeness (QED) is 0.643. The van der Waals surface area contributed by atoms with Crippen LogP contribution in [-0.4, -0.2) is 53.5 Å². The van der Waals surface area contributed by atoms with Crippen LogP contribution in [0.4, 0.5) is 0 Å². The van der Waals surface area contributed by atoms with Crippen molar-refractivity contribution >= 4 is 27.9 Å². The van der Waals surface area contributed by atoms with Crippen molar-refractivity contribution < 1.29 is 28.5 Å². The van der Waals surface area contributed by atoms with Crippen LogP contribution in [0.5, 0.6) is 0 Å². The first-order valence-corrected chi connectivity index (χ1v) is 8.03. The van der Waals surface area contributed by atoms with Gasteiger partial charge in [-0.1, -0.05) is 0 Å². The van der Waals surface area contributed by atoms with Gasteiger partial charge in [0.2, 0.25) is 0 Å². The molecule has 1 fully saturated rings. The van der Waals surface area contributed by atoms with E-state index < -0.39 is 47.7 Å². The topological polar surface area (TPSA) is 126 Å². The van der Waals surface area contributed by atoms with Crippen LogP contribution in [0.15, 0.2) is 20.3 Å². The van der Waals surface area contributed by atoms with Crippen LogP contribution in [0.1, 0.15) is 20.1 Å². The van der Waals surface area contributed by atoms with Gasteiger partial charge in [-0.15, -0.1) is 0 Å². The van der Waals surface area contributed by atoms with Gasteiger partial charge in [-0.25, -0.2) is 4.79 Å². The van der Waals surface area contributed by atoms with Crippen LogP contribution in [0, 0.1) is 0 Å². The van der Waals surface area contributed by atoms with Gasteiger partial charge >= 0.3 is 17.6 Å². The largest absolute Gasteiger partial charge is 0.463 e. The maximum atomic E-state index is 12.1. The van der Waals surface area contributed by atoms with Gasteiger partial charge in [0.1, 0.15) is 18.8 Å². The molecule has 0 radical (unpaired) electrons. The van der Waals surface area contributed by atoms with Gasteiger partial charge < -0.3 is 18.9 Å². The number of aromatic nitrogens is 2. The van der Waals surface area contributed by atoms with Crippen molar-refractivity contribution in [2.45, 2.75) is 38.4 Å². The Hall–Kier alpha value is -1.98. The number of hydrogen-bond acceptors (Lipinski definition) is 8. The number of nitrogens with zero attached hydrogens (tertiary/aromatic N) is 1. The first kappa shape index (κ1) is 19.3. The highest BCUT2D eigenvalue weighted by Crippen LogP contribution is 2.33. The van der Waals surface area contributed by atoms with Crippen molar-refractivity contribution in [2.75, 3.05) is 13.7 Å². The molecule has 1 aromatic rings. The molecule has 1 N–H and O–H groups in total. The Balaban J connectivity index is 2.39. The Kier molecular flexibility index (Phi) is 6.14. The molecule has 2 unspecified atom stereocenters. The molecule has 4 atom stereocenters. The van der Waals surface area contributed by atoms with Crippen LogP contribution in [0.2, 0.25) is 0 Å². The molecule has 138 valence electrons. The molecule has 0 aliphatic carbocycles. The molecule has 0 bridgehead atoms. The predicted molar refractivity (Wildman–Crippen MR) is 85.9 cm³/mol. The van der Waals surface area contributed by atoms with E-state index in [9.17, 15) is 19.2 Å². The number of ether oxygens (including phenoxy) is 4. The number of nitrogens with one attached hydrogen (secondary N) is 1. The summed E-state index contributed by atoms with van der Waals surface area (Å²) in [7, 11) is 1.36. The maximum absolute atomic E-state index is 12.1. The van der Waals surface area contributed by atoms with Crippen molar-refractivity contribution in [3.63, 3.8) is 0 Å². The molecule has 1 aliphatic heterocycles. The average molecular weight is 421 g/mol. The predicted octanol–water partition coefficient (Wildman–Crippen LogP) is -0.294. The van der Waals surface area contributed by atoms with Crippen molar-refractivity contribution in [1.82, 2.24) is 9.55 Å². The van der Waals surface area contributed by atoms with Gasteiger partial charge in [0, 0.05) is 27.2 Å². The third-order valence-corrected chi connectivity index (χ3v) is 4.07. The number of H-pyrrole nitrogens is 1. The fourth-order valence-electron chi connectivity index (χ4n) is 2.50. The third kappa shape index (κ3) is 4.35. The van der Waals surface area contributed by atoms with Crippen LogP contribution < -0.4 is 11.2 Å². The molecular weight excluding hydrogens is 404 g/mol. The highest BCUT2D eigenvalue weighted by Gasteiger charge is 2.49. The maximum Gasteiger partial charge on any atom is 0.330 e. The van der Waals surface area contributed by atoms with E-state index in [1.807, 2.05) is 0 Å². The van der Waals surface area contributed by atoms with Crippen molar-refractivity contribution in [3.8, 4) is 0 Å². The van der Waals surface area contributed by atoms with E-state index in [-0.39, 0.29) is 11.1 Å². The third-order valence-electron chi connectivity index (χ3n) is 3.51. The standard InChI is InChI=1S/C14H17BrN2O8/c1-6(18)23-5-9-10(24-7(2)19)11(22-3)13(25-9)17-4-8(15)12(20)16-14(17)21/h4,9-11,13H,5H2,1-3H3,(H,16,20,21)/t9-,10?,11?,13-/m1/s1. The minimum Gasteiger partial charge on any atom is -0.463 e. The number of esters is 2. The summed E-state index contributed by atoms with van der Waals surface area (Å²) in [4.78, 5) is 48.2. The Morgan fingerprint density at radius 3 is 2.52 bits per heavy atom. The molecule has 11 heteroatoms. The molecule has 0 amide bonds. The summed E-state index contributed by atoms with van der Waals surface area (Å²) in [6, 6.07) is 0. The minimum absolute atomic E-state index is 0.109. The van der Waals surface area contributed by atoms with Gasteiger partial charge in [0.25, 0.3) is 5.56 Å². The molecule has 1 aromatic heterocycles. The van der Waals surface area contributed by atoms with E-state index in [0.29, 0.717) is 0 Å². The molecule has 0 spiro atoms.